The van der Waals surface area contributed by atoms with E-state index in [0.29, 0.717) is 41.6 Å². The predicted molar refractivity (Wildman–Crippen MR) is 161 cm³/mol. The van der Waals surface area contributed by atoms with Crippen LogP contribution >= 0.6 is 11.6 Å². The first-order valence-electron chi connectivity index (χ1n) is 15.1. The summed E-state index contributed by atoms with van der Waals surface area (Å²) in [6.45, 7) is 3.25. The van der Waals surface area contributed by atoms with Crippen LogP contribution in [0.25, 0.3) is 32.8 Å². The van der Waals surface area contributed by atoms with Gasteiger partial charge in [0, 0.05) is 37.0 Å². The second-order valence-electron chi connectivity index (χ2n) is 12.8. The van der Waals surface area contributed by atoms with E-state index in [1.54, 1.807) is 18.2 Å². The smallest absolute Gasteiger partial charge is 0.319 e. The molecule has 4 aliphatic rings. The number of hydrogen-bond donors (Lipinski definition) is 1. The molecule has 4 fully saturated rings. The quantitative estimate of drug-likeness (QED) is 0.267. The molecule has 4 heterocycles. The Balaban J connectivity index is 1.27. The monoisotopic (exact) mass is 590 g/mol. The van der Waals surface area contributed by atoms with Gasteiger partial charge in [-0.25, -0.2) is 8.78 Å². The fourth-order valence-corrected chi connectivity index (χ4v) is 8.54. The molecule has 3 aliphatic heterocycles. The average Bonchev–Trinajstić information content (AvgIpc) is 3.62. The summed E-state index contributed by atoms with van der Waals surface area (Å²) in [5, 5.41) is 12.8. The molecule has 3 saturated heterocycles. The highest BCUT2D eigenvalue weighted by Gasteiger charge is 2.49. The van der Waals surface area contributed by atoms with Crippen molar-refractivity contribution >= 4 is 39.1 Å². The van der Waals surface area contributed by atoms with Gasteiger partial charge in [0.2, 0.25) is 0 Å². The lowest BCUT2D eigenvalue weighted by Crippen LogP contribution is -2.43. The molecular weight excluding hydrogens is 558 g/mol. The molecule has 0 amide bonds. The Morgan fingerprint density at radius 1 is 1.05 bits per heavy atom. The third kappa shape index (κ3) is 4.29. The molecule has 1 aliphatic carbocycles. The fourth-order valence-electron chi connectivity index (χ4n) is 8.24. The van der Waals surface area contributed by atoms with Crippen LogP contribution < -0.4 is 9.64 Å². The summed E-state index contributed by atoms with van der Waals surface area (Å²) in [7, 11) is 0. The first-order valence-corrected chi connectivity index (χ1v) is 15.4. The van der Waals surface area contributed by atoms with Gasteiger partial charge in [0.1, 0.15) is 29.9 Å². The Kier molecular flexibility index (Phi) is 6.23. The van der Waals surface area contributed by atoms with Crippen molar-refractivity contribution in [2.24, 2.45) is 11.8 Å². The molecule has 218 valence electrons. The van der Waals surface area contributed by atoms with Crippen LogP contribution in [0.5, 0.6) is 11.8 Å². The number of phenols is 1. The molecule has 0 spiro atoms. The Morgan fingerprint density at radius 3 is 2.69 bits per heavy atom. The second kappa shape index (κ2) is 9.91. The van der Waals surface area contributed by atoms with Crippen molar-refractivity contribution < 1.29 is 18.6 Å². The lowest BCUT2D eigenvalue weighted by molar-refractivity contribution is 0.107. The van der Waals surface area contributed by atoms with Crippen molar-refractivity contribution in [2.75, 3.05) is 37.7 Å². The number of alkyl halides is 1. The lowest BCUT2D eigenvalue weighted by Gasteiger charge is -2.34. The average molecular weight is 591 g/mol. The van der Waals surface area contributed by atoms with Crippen molar-refractivity contribution in [3.8, 4) is 22.9 Å². The number of rotatable bonds is 5. The summed E-state index contributed by atoms with van der Waals surface area (Å²) < 4.78 is 37.5. The summed E-state index contributed by atoms with van der Waals surface area (Å²) in [5.74, 6) is 1.26. The van der Waals surface area contributed by atoms with Crippen LogP contribution in [0.3, 0.4) is 0 Å². The molecule has 1 saturated carbocycles. The fraction of sp³-hybridized carbons (Fsp3) is 0.455. The number of anilines is 1. The summed E-state index contributed by atoms with van der Waals surface area (Å²) in [6.07, 6.45) is 5.04. The SMILES string of the molecule is Oc1cc(-c2c(Cl)cc3c(N4CC5CCC(C5)C4)nc(OC[C@@]45CCCN4C[C@H](F)C5)nc3c2F)c2ccccc2c1. The van der Waals surface area contributed by atoms with E-state index in [1.165, 1.54) is 19.3 Å². The maximum absolute atomic E-state index is 16.8. The molecule has 2 bridgehead atoms. The molecule has 4 atom stereocenters. The van der Waals surface area contributed by atoms with Crippen molar-refractivity contribution in [3.63, 3.8) is 0 Å². The minimum atomic E-state index is -0.870. The number of ether oxygens (including phenoxy) is 1. The van der Waals surface area contributed by atoms with Crippen LogP contribution in [-0.2, 0) is 0 Å². The summed E-state index contributed by atoms with van der Waals surface area (Å²) >= 11 is 6.87. The molecule has 42 heavy (non-hydrogen) atoms. The van der Waals surface area contributed by atoms with Gasteiger partial charge in [-0.1, -0.05) is 35.9 Å². The predicted octanol–water partition coefficient (Wildman–Crippen LogP) is 7.14. The maximum Gasteiger partial charge on any atom is 0.319 e. The number of phenolic OH excluding ortho intramolecular Hbond substituents is 1. The molecule has 1 N–H and O–H groups in total. The van der Waals surface area contributed by atoms with Crippen molar-refractivity contribution in [1.82, 2.24) is 14.9 Å². The number of aromatic nitrogens is 2. The van der Waals surface area contributed by atoms with Crippen LogP contribution in [0.4, 0.5) is 14.6 Å². The van der Waals surface area contributed by atoms with Gasteiger partial charge in [0.25, 0.3) is 0 Å². The maximum atomic E-state index is 16.8. The van der Waals surface area contributed by atoms with Gasteiger partial charge in [-0.05, 0) is 85.0 Å². The van der Waals surface area contributed by atoms with E-state index >= 15 is 4.39 Å². The van der Waals surface area contributed by atoms with E-state index in [-0.39, 0.29) is 40.0 Å². The van der Waals surface area contributed by atoms with Crippen LogP contribution in [-0.4, -0.2) is 64.5 Å². The second-order valence-corrected chi connectivity index (χ2v) is 13.2. The zero-order valence-corrected chi connectivity index (χ0v) is 24.1. The Labute approximate surface area is 248 Å². The van der Waals surface area contributed by atoms with Gasteiger partial charge in [0.05, 0.1) is 10.6 Å². The van der Waals surface area contributed by atoms with Crippen LogP contribution in [0.1, 0.15) is 38.5 Å². The topological polar surface area (TPSA) is 61.7 Å². The van der Waals surface area contributed by atoms with Gasteiger partial charge in [-0.15, -0.1) is 0 Å². The van der Waals surface area contributed by atoms with E-state index in [9.17, 15) is 9.50 Å². The molecule has 8 rings (SSSR count). The minimum absolute atomic E-state index is 0.0264. The van der Waals surface area contributed by atoms with E-state index in [2.05, 4.69) is 14.8 Å². The first-order chi connectivity index (χ1) is 20.4. The van der Waals surface area contributed by atoms with E-state index in [4.69, 9.17) is 21.3 Å². The van der Waals surface area contributed by atoms with Gasteiger partial charge < -0.3 is 14.7 Å². The molecule has 4 aromatic rings. The number of fused-ring (bicyclic) bond motifs is 5. The molecule has 2 unspecified atom stereocenters. The van der Waals surface area contributed by atoms with Crippen LogP contribution in [0.15, 0.2) is 42.5 Å². The third-order valence-electron chi connectivity index (χ3n) is 10.1. The Bertz CT molecular complexity index is 1710. The number of hydrogen-bond acceptors (Lipinski definition) is 6. The first kappa shape index (κ1) is 26.4. The van der Waals surface area contributed by atoms with Crippen molar-refractivity contribution in [3.05, 3.63) is 53.3 Å². The number of benzene rings is 3. The number of aromatic hydroxyl groups is 1. The van der Waals surface area contributed by atoms with Crippen molar-refractivity contribution in [1.29, 1.82) is 0 Å². The standard InChI is InChI=1S/C33H33ClF2N4O2/c34-27-13-26-30(29(36)28(27)25-12-23(41)11-21-4-1-2-5-24(21)25)37-32(38-31(26)39-15-19-6-7-20(10-19)16-39)42-18-33-8-3-9-40(33)17-22(35)14-33/h1-2,4-5,11-13,19-20,22,41H,3,6-10,14-18H2/t19?,20?,22-,33+/m1/s1. The normalized spacial score (nSPS) is 27.3. The highest BCUT2D eigenvalue weighted by molar-refractivity contribution is 6.35. The van der Waals surface area contributed by atoms with Gasteiger partial charge in [-0.3, -0.25) is 4.90 Å². The van der Waals surface area contributed by atoms with Crippen LogP contribution in [0.2, 0.25) is 5.02 Å². The zero-order valence-electron chi connectivity index (χ0n) is 23.3. The van der Waals surface area contributed by atoms with Gasteiger partial charge in [0.15, 0.2) is 5.82 Å². The van der Waals surface area contributed by atoms with E-state index < -0.39 is 12.0 Å². The van der Waals surface area contributed by atoms with Gasteiger partial charge >= 0.3 is 6.01 Å². The highest BCUT2D eigenvalue weighted by atomic mass is 35.5. The minimum Gasteiger partial charge on any atom is -0.508 e. The number of halogens is 3. The van der Waals surface area contributed by atoms with Crippen molar-refractivity contribution in [2.45, 2.75) is 50.2 Å². The highest BCUT2D eigenvalue weighted by Crippen LogP contribution is 2.45. The van der Waals surface area contributed by atoms with E-state index in [1.807, 2.05) is 24.3 Å². The molecule has 1 aromatic heterocycles. The number of nitrogens with zero attached hydrogens (tertiary/aromatic N) is 4. The molecule has 6 nitrogen and oxygen atoms in total. The number of piperidine rings is 1. The zero-order chi connectivity index (χ0) is 28.6. The summed E-state index contributed by atoms with van der Waals surface area (Å²) in [5.41, 5.74) is 0.443. The molecule has 0 radical (unpaired) electrons. The summed E-state index contributed by atoms with van der Waals surface area (Å²) in [6, 6.07) is 12.6. The molecule has 9 heteroatoms. The Hall–Kier alpha value is -3.23. The van der Waals surface area contributed by atoms with E-state index in [0.717, 1.165) is 43.2 Å². The summed E-state index contributed by atoms with van der Waals surface area (Å²) in [4.78, 5) is 13.9. The molecular formula is C33H33ClF2N4O2. The largest absolute Gasteiger partial charge is 0.508 e. The lowest BCUT2D eigenvalue weighted by atomic mass is 9.95. The molecule has 3 aromatic carbocycles. The Morgan fingerprint density at radius 2 is 1.86 bits per heavy atom. The third-order valence-corrected chi connectivity index (χ3v) is 10.4. The van der Waals surface area contributed by atoms with Crippen LogP contribution in [0, 0.1) is 17.7 Å². The van der Waals surface area contributed by atoms with Gasteiger partial charge in [-0.2, -0.15) is 9.97 Å².